The van der Waals surface area contributed by atoms with Crippen LogP contribution in [0.15, 0.2) is 48.5 Å². The van der Waals surface area contributed by atoms with Crippen molar-refractivity contribution in [3.8, 4) is 6.07 Å². The number of nitriles is 1. The van der Waals surface area contributed by atoms with Crippen molar-refractivity contribution < 1.29 is 19.1 Å². The van der Waals surface area contributed by atoms with Crippen LogP contribution in [0.5, 0.6) is 0 Å². The predicted octanol–water partition coefficient (Wildman–Crippen LogP) is 2.74. The molecular weight excluding hydrogens is 358 g/mol. The number of ether oxygens (including phenoxy) is 2. The lowest BCUT2D eigenvalue weighted by Crippen LogP contribution is -2.32. The van der Waals surface area contributed by atoms with Crippen molar-refractivity contribution in [3.63, 3.8) is 0 Å². The number of amides is 1. The van der Waals surface area contributed by atoms with Crippen LogP contribution in [0.25, 0.3) is 0 Å². The van der Waals surface area contributed by atoms with Crippen LogP contribution in [0.2, 0.25) is 0 Å². The van der Waals surface area contributed by atoms with Crippen LogP contribution in [0.3, 0.4) is 0 Å². The van der Waals surface area contributed by atoms with Gasteiger partial charge >= 0.3 is 12.1 Å². The smallest absolute Gasteiger partial charge is 0.414 e. The average Bonchev–Trinajstić information content (AvgIpc) is 3.08. The molecule has 0 aliphatic carbocycles. The normalized spacial score (nSPS) is 15.7. The highest BCUT2D eigenvalue weighted by Crippen LogP contribution is 2.23. The van der Waals surface area contributed by atoms with Crippen molar-refractivity contribution in [1.29, 1.82) is 5.26 Å². The molecule has 0 saturated carbocycles. The Hall–Kier alpha value is -3.53. The molecule has 2 aromatic carbocycles. The number of carbonyl (C=O) groups excluding carboxylic acids is 2. The number of esters is 1. The fourth-order valence-electron chi connectivity index (χ4n) is 3.06. The van der Waals surface area contributed by atoms with Crippen LogP contribution in [0.1, 0.15) is 11.1 Å². The third-order valence-electron chi connectivity index (χ3n) is 4.61. The van der Waals surface area contributed by atoms with E-state index in [4.69, 9.17) is 10.00 Å². The van der Waals surface area contributed by atoms with Gasteiger partial charge in [-0.25, -0.2) is 4.79 Å². The highest BCUT2D eigenvalue weighted by atomic mass is 16.6. The zero-order valence-corrected chi connectivity index (χ0v) is 15.8. The number of anilines is 2. The molecule has 1 amide bonds. The Kier molecular flexibility index (Phi) is 5.80. The van der Waals surface area contributed by atoms with Crippen LogP contribution in [0.4, 0.5) is 16.2 Å². The molecule has 0 bridgehead atoms. The maximum absolute atomic E-state index is 12.2. The van der Waals surface area contributed by atoms with E-state index in [1.807, 2.05) is 36.2 Å². The number of hydrogen-bond donors (Lipinski definition) is 0. The molecule has 7 heteroatoms. The van der Waals surface area contributed by atoms with Crippen molar-refractivity contribution in [2.75, 3.05) is 37.0 Å². The minimum absolute atomic E-state index is 0.236. The molecule has 1 heterocycles. The van der Waals surface area contributed by atoms with Crippen molar-refractivity contribution in [2.24, 2.45) is 0 Å². The summed E-state index contributed by atoms with van der Waals surface area (Å²) >= 11 is 0. The van der Waals surface area contributed by atoms with E-state index in [0.717, 1.165) is 11.3 Å². The van der Waals surface area contributed by atoms with Crippen LogP contribution in [-0.4, -0.2) is 45.4 Å². The summed E-state index contributed by atoms with van der Waals surface area (Å²) < 4.78 is 10.2. The molecule has 1 aliphatic rings. The molecule has 0 radical (unpaired) electrons. The van der Waals surface area contributed by atoms with Crippen molar-refractivity contribution in [1.82, 2.24) is 0 Å². The quantitative estimate of drug-likeness (QED) is 0.718. The van der Waals surface area contributed by atoms with Crippen molar-refractivity contribution in [3.05, 3.63) is 59.7 Å². The fourth-order valence-corrected chi connectivity index (χ4v) is 3.06. The molecule has 1 aliphatic heterocycles. The lowest BCUT2D eigenvalue weighted by atomic mass is 10.1. The molecule has 1 atom stereocenters. The van der Waals surface area contributed by atoms with Gasteiger partial charge in [-0.3, -0.25) is 9.69 Å². The molecule has 2 aromatic rings. The third kappa shape index (κ3) is 4.41. The second kappa shape index (κ2) is 8.44. The summed E-state index contributed by atoms with van der Waals surface area (Å²) in [7, 11) is 3.29. The molecule has 144 valence electrons. The Bertz CT molecular complexity index is 887. The van der Waals surface area contributed by atoms with Gasteiger partial charge in [-0.2, -0.15) is 5.26 Å². The first-order valence-electron chi connectivity index (χ1n) is 8.85. The number of methoxy groups -OCH3 is 1. The number of cyclic esters (lactones) is 1. The molecule has 28 heavy (non-hydrogen) atoms. The topological polar surface area (TPSA) is 82.9 Å². The number of nitrogens with zero attached hydrogens (tertiary/aromatic N) is 3. The zero-order chi connectivity index (χ0) is 20.1. The Morgan fingerprint density at radius 1 is 1.25 bits per heavy atom. The van der Waals surface area contributed by atoms with E-state index in [0.29, 0.717) is 24.3 Å². The second-order valence-corrected chi connectivity index (χ2v) is 6.57. The summed E-state index contributed by atoms with van der Waals surface area (Å²) in [6, 6.07) is 16.5. The fraction of sp³-hybridized carbons (Fsp3) is 0.286. The van der Waals surface area contributed by atoms with Gasteiger partial charge in [0.15, 0.2) is 0 Å². The average molecular weight is 379 g/mol. The van der Waals surface area contributed by atoms with Gasteiger partial charge < -0.3 is 14.4 Å². The summed E-state index contributed by atoms with van der Waals surface area (Å²) in [6.07, 6.45) is -0.431. The summed E-state index contributed by atoms with van der Waals surface area (Å²) in [4.78, 5) is 27.1. The van der Waals surface area contributed by atoms with Crippen LogP contribution >= 0.6 is 0 Å². The maximum Gasteiger partial charge on any atom is 0.414 e. The van der Waals surface area contributed by atoms with Crippen LogP contribution in [0, 0.1) is 11.3 Å². The molecule has 1 fully saturated rings. The maximum atomic E-state index is 12.2. The van der Waals surface area contributed by atoms with E-state index in [9.17, 15) is 9.59 Å². The van der Waals surface area contributed by atoms with Crippen LogP contribution in [-0.2, 0) is 20.7 Å². The number of benzene rings is 2. The van der Waals surface area contributed by atoms with Crippen LogP contribution < -0.4 is 9.80 Å². The number of hydrogen-bond acceptors (Lipinski definition) is 6. The second-order valence-electron chi connectivity index (χ2n) is 6.57. The van der Waals surface area contributed by atoms with Gasteiger partial charge in [0.25, 0.3) is 0 Å². The minimum atomic E-state index is -0.392. The highest BCUT2D eigenvalue weighted by Gasteiger charge is 2.33. The Morgan fingerprint density at radius 3 is 2.54 bits per heavy atom. The summed E-state index contributed by atoms with van der Waals surface area (Å²) in [6.45, 7) is 0.977. The van der Waals surface area contributed by atoms with Gasteiger partial charge in [-0.1, -0.05) is 12.1 Å². The van der Waals surface area contributed by atoms with Gasteiger partial charge in [0.2, 0.25) is 0 Å². The molecule has 1 saturated heterocycles. The number of rotatable bonds is 6. The van der Waals surface area contributed by atoms with E-state index in [1.54, 1.807) is 29.2 Å². The Labute approximate surface area is 163 Å². The van der Waals surface area contributed by atoms with E-state index in [1.165, 1.54) is 7.11 Å². The number of carbonyl (C=O) groups is 2. The Balaban J connectivity index is 1.60. The first-order valence-corrected chi connectivity index (χ1v) is 8.85. The minimum Gasteiger partial charge on any atom is -0.469 e. The molecule has 1 unspecified atom stereocenters. The molecule has 0 N–H and O–H groups in total. The first-order chi connectivity index (χ1) is 13.5. The monoisotopic (exact) mass is 379 g/mol. The lowest BCUT2D eigenvalue weighted by molar-refractivity contribution is -0.139. The summed E-state index contributed by atoms with van der Waals surface area (Å²) in [5.41, 5.74) is 3.09. The van der Waals surface area contributed by atoms with E-state index in [2.05, 4.69) is 10.8 Å². The van der Waals surface area contributed by atoms with Crippen molar-refractivity contribution >= 4 is 23.4 Å². The van der Waals surface area contributed by atoms with Gasteiger partial charge in [0.05, 0.1) is 38.3 Å². The lowest BCUT2D eigenvalue weighted by Gasteiger charge is -2.22. The first kappa shape index (κ1) is 19.2. The molecule has 3 rings (SSSR count). The third-order valence-corrected chi connectivity index (χ3v) is 4.61. The predicted molar refractivity (Wildman–Crippen MR) is 104 cm³/mol. The van der Waals surface area contributed by atoms with Gasteiger partial charge in [0, 0.05) is 18.4 Å². The summed E-state index contributed by atoms with van der Waals surface area (Å²) in [5.74, 6) is -0.276. The highest BCUT2D eigenvalue weighted by molar-refractivity contribution is 5.89. The Morgan fingerprint density at radius 2 is 1.93 bits per heavy atom. The number of likely N-dealkylation sites (N-methyl/N-ethyl adjacent to an activating group) is 1. The SMILES string of the molecule is COC(=O)Cc1ccc(N(C)CC2CN(c3ccc(C#N)cc3)C(=O)O2)cc1. The largest absolute Gasteiger partial charge is 0.469 e. The van der Waals surface area contributed by atoms with Gasteiger partial charge in [-0.15, -0.1) is 0 Å². The van der Waals surface area contributed by atoms with Gasteiger partial charge in [0.1, 0.15) is 6.10 Å². The molecular formula is C21H21N3O4. The molecule has 0 aromatic heterocycles. The standard InChI is InChI=1S/C21H21N3O4/c1-23(17-7-3-15(4-8-17)11-20(25)27-2)13-19-14-24(21(26)28-19)18-9-5-16(12-22)6-10-18/h3-10,19H,11,13-14H2,1-2H3. The van der Waals surface area contributed by atoms with E-state index in [-0.39, 0.29) is 18.5 Å². The molecule has 0 spiro atoms. The summed E-state index contributed by atoms with van der Waals surface area (Å²) in [5, 5.41) is 8.88. The zero-order valence-electron chi connectivity index (χ0n) is 15.8. The van der Waals surface area contributed by atoms with E-state index < -0.39 is 6.09 Å². The van der Waals surface area contributed by atoms with E-state index >= 15 is 0 Å². The molecule has 7 nitrogen and oxygen atoms in total. The van der Waals surface area contributed by atoms with Gasteiger partial charge in [-0.05, 0) is 42.0 Å². The van der Waals surface area contributed by atoms with Crippen molar-refractivity contribution in [2.45, 2.75) is 12.5 Å².